The Balaban J connectivity index is 0.000000845. The Morgan fingerprint density at radius 1 is 1.38 bits per heavy atom. The third-order valence-corrected chi connectivity index (χ3v) is 1.93. The van der Waals surface area contributed by atoms with Crippen molar-refractivity contribution >= 4 is 11.0 Å². The Labute approximate surface area is 102 Å². The number of fused-ring (bicyclic) bond motifs is 1. The summed E-state index contributed by atoms with van der Waals surface area (Å²) in [6.45, 7) is 2.16. The van der Waals surface area contributed by atoms with E-state index in [9.17, 15) is 0 Å². The molecule has 0 fully saturated rings. The van der Waals surface area contributed by atoms with Crippen molar-refractivity contribution in [2.24, 2.45) is 0 Å². The molecule has 1 heterocycles. The van der Waals surface area contributed by atoms with E-state index in [1.54, 1.807) is 0 Å². The van der Waals surface area contributed by atoms with Gasteiger partial charge in [0.2, 0.25) is 0 Å². The Morgan fingerprint density at radius 3 is 2.85 bits per heavy atom. The van der Waals surface area contributed by atoms with E-state index in [1.165, 1.54) is 0 Å². The number of aromatic nitrogens is 2. The third kappa shape index (κ3) is 2.33. The number of H-pyrrole nitrogens is 1. The molecule has 1 N–H and O–H groups in total. The molecule has 0 unspecified atom stereocenters. The van der Waals surface area contributed by atoms with Crippen molar-refractivity contribution in [1.29, 1.82) is 0 Å². The number of imidazole rings is 1. The molecule has 0 aliphatic heterocycles. The molecule has 64 valence electrons. The fourth-order valence-corrected chi connectivity index (χ4v) is 1.36. The molecule has 0 spiro atoms. The smallest absolute Gasteiger partial charge is 1.00 e. The summed E-state index contributed by atoms with van der Waals surface area (Å²) in [7, 11) is 0. The van der Waals surface area contributed by atoms with Gasteiger partial charge in [-0.3, -0.25) is 0 Å². The predicted molar refractivity (Wildman–Crippen MR) is 51.2 cm³/mol. The van der Waals surface area contributed by atoms with E-state index < -0.39 is 0 Å². The van der Waals surface area contributed by atoms with Gasteiger partial charge in [0.15, 0.2) is 0 Å². The molecule has 0 aliphatic rings. The number of nitrogens with zero attached hydrogens (tertiary/aromatic N) is 1. The second kappa shape index (κ2) is 4.80. The Hall–Kier alpha value is -0.310. The molecule has 13 heavy (non-hydrogen) atoms. The molecule has 0 saturated heterocycles. The predicted octanol–water partition coefficient (Wildman–Crippen LogP) is -0.368. The van der Waals surface area contributed by atoms with E-state index in [-0.39, 0.29) is 31.0 Å². The van der Waals surface area contributed by atoms with Crippen LogP contribution in [0.15, 0.2) is 24.3 Å². The first-order valence-corrected chi connectivity index (χ1v) is 4.34. The van der Waals surface area contributed by atoms with Gasteiger partial charge in [-0.25, -0.2) is 4.98 Å². The summed E-state index contributed by atoms with van der Waals surface area (Å²) < 4.78 is 0. The summed E-state index contributed by atoms with van der Waals surface area (Å²) in [5.41, 5.74) is 2.21. The molecular formula is C10H13N2Na. The second-order valence-electron chi connectivity index (χ2n) is 2.95. The molecule has 0 aliphatic carbocycles. The van der Waals surface area contributed by atoms with E-state index in [0.717, 1.165) is 29.7 Å². The Bertz CT molecular complexity index is 353. The zero-order valence-electron chi connectivity index (χ0n) is 9.17. The molecule has 1 aromatic heterocycles. The SMILES string of the molecule is CCCc1nc2ccccc2[nH]1.[H-].[Na+]. The van der Waals surface area contributed by atoms with Gasteiger partial charge in [-0.2, -0.15) is 0 Å². The van der Waals surface area contributed by atoms with Gasteiger partial charge in [-0.1, -0.05) is 19.1 Å². The molecule has 0 bridgehead atoms. The minimum absolute atomic E-state index is 0. The van der Waals surface area contributed by atoms with Gasteiger partial charge in [0.05, 0.1) is 11.0 Å². The number of nitrogens with one attached hydrogen (secondary N) is 1. The van der Waals surface area contributed by atoms with Crippen molar-refractivity contribution in [2.45, 2.75) is 19.8 Å². The average molecular weight is 184 g/mol. The van der Waals surface area contributed by atoms with Crippen molar-refractivity contribution in [2.75, 3.05) is 0 Å². The van der Waals surface area contributed by atoms with E-state index in [0.29, 0.717) is 0 Å². The van der Waals surface area contributed by atoms with Crippen molar-refractivity contribution < 1.29 is 31.0 Å². The topological polar surface area (TPSA) is 28.7 Å². The maximum absolute atomic E-state index is 4.45. The Morgan fingerprint density at radius 2 is 2.15 bits per heavy atom. The summed E-state index contributed by atoms with van der Waals surface area (Å²) in [4.78, 5) is 7.73. The third-order valence-electron chi connectivity index (χ3n) is 1.93. The number of hydrogen-bond donors (Lipinski definition) is 1. The van der Waals surface area contributed by atoms with Crippen LogP contribution in [0.4, 0.5) is 0 Å². The number of rotatable bonds is 2. The fourth-order valence-electron chi connectivity index (χ4n) is 1.36. The zero-order chi connectivity index (χ0) is 8.39. The first-order valence-electron chi connectivity index (χ1n) is 4.34. The van der Waals surface area contributed by atoms with Crippen molar-refractivity contribution in [3.8, 4) is 0 Å². The van der Waals surface area contributed by atoms with Gasteiger partial charge in [0, 0.05) is 6.42 Å². The van der Waals surface area contributed by atoms with Crippen LogP contribution >= 0.6 is 0 Å². The van der Waals surface area contributed by atoms with Gasteiger partial charge >= 0.3 is 29.6 Å². The standard InChI is InChI=1S/C10H12N2.Na.H/c1-2-5-10-11-8-6-3-4-7-9(8)12-10;;/h3-4,6-7H,2,5H2,1H3,(H,11,12);;/q;+1;-1. The summed E-state index contributed by atoms with van der Waals surface area (Å²) in [6.07, 6.45) is 2.18. The number of aryl methyl sites for hydroxylation is 1. The second-order valence-corrected chi connectivity index (χ2v) is 2.95. The number of para-hydroxylation sites is 2. The molecule has 0 radical (unpaired) electrons. The van der Waals surface area contributed by atoms with Crippen LogP contribution in [-0.4, -0.2) is 9.97 Å². The van der Waals surface area contributed by atoms with E-state index in [2.05, 4.69) is 23.0 Å². The van der Waals surface area contributed by atoms with Gasteiger partial charge in [-0.05, 0) is 18.6 Å². The van der Waals surface area contributed by atoms with Crippen LogP contribution < -0.4 is 29.6 Å². The number of benzene rings is 1. The van der Waals surface area contributed by atoms with E-state index in [4.69, 9.17) is 0 Å². The molecule has 2 aromatic rings. The number of hydrogen-bond acceptors (Lipinski definition) is 1. The fraction of sp³-hybridized carbons (Fsp3) is 0.300. The first-order chi connectivity index (χ1) is 5.90. The summed E-state index contributed by atoms with van der Waals surface area (Å²) >= 11 is 0. The maximum Gasteiger partial charge on any atom is 1.00 e. The van der Waals surface area contributed by atoms with Gasteiger partial charge in [-0.15, -0.1) is 0 Å². The summed E-state index contributed by atoms with van der Waals surface area (Å²) in [6, 6.07) is 8.13. The maximum atomic E-state index is 4.45. The van der Waals surface area contributed by atoms with Crippen LogP contribution in [0.2, 0.25) is 0 Å². The van der Waals surface area contributed by atoms with Crippen LogP contribution in [-0.2, 0) is 6.42 Å². The number of aromatic amines is 1. The molecule has 3 heteroatoms. The monoisotopic (exact) mass is 184 g/mol. The van der Waals surface area contributed by atoms with E-state index in [1.807, 2.05) is 18.2 Å². The molecule has 2 rings (SSSR count). The van der Waals surface area contributed by atoms with Crippen molar-refractivity contribution in [3.05, 3.63) is 30.1 Å². The molecule has 0 atom stereocenters. The minimum Gasteiger partial charge on any atom is -1.00 e. The van der Waals surface area contributed by atoms with Crippen LogP contribution in [0.5, 0.6) is 0 Å². The zero-order valence-corrected chi connectivity index (χ0v) is 10.2. The van der Waals surface area contributed by atoms with E-state index >= 15 is 0 Å². The summed E-state index contributed by atoms with van der Waals surface area (Å²) in [5, 5.41) is 0. The minimum atomic E-state index is 0. The molecule has 0 amide bonds. The first kappa shape index (κ1) is 10.8. The normalized spacial score (nSPS) is 9.92. The largest absolute Gasteiger partial charge is 1.00 e. The Kier molecular flexibility index (Phi) is 3.97. The van der Waals surface area contributed by atoms with Crippen molar-refractivity contribution in [3.63, 3.8) is 0 Å². The quantitative estimate of drug-likeness (QED) is 0.634. The van der Waals surface area contributed by atoms with Crippen LogP contribution in [0.1, 0.15) is 20.6 Å². The van der Waals surface area contributed by atoms with Crippen LogP contribution in [0, 0.1) is 0 Å². The van der Waals surface area contributed by atoms with Gasteiger partial charge in [0.25, 0.3) is 0 Å². The molecule has 2 nitrogen and oxygen atoms in total. The average Bonchev–Trinajstić information content (AvgIpc) is 2.47. The summed E-state index contributed by atoms with van der Waals surface area (Å²) in [5.74, 6) is 1.10. The van der Waals surface area contributed by atoms with Gasteiger partial charge in [0.1, 0.15) is 5.82 Å². The van der Waals surface area contributed by atoms with Crippen LogP contribution in [0.3, 0.4) is 0 Å². The molecule has 1 aromatic carbocycles. The van der Waals surface area contributed by atoms with Crippen LogP contribution in [0.25, 0.3) is 11.0 Å². The molecular weight excluding hydrogens is 171 g/mol. The van der Waals surface area contributed by atoms with Crippen molar-refractivity contribution in [1.82, 2.24) is 9.97 Å². The molecule has 0 saturated carbocycles. The van der Waals surface area contributed by atoms with Gasteiger partial charge < -0.3 is 6.41 Å².